The molecule has 1 rings (SSSR count). The summed E-state index contributed by atoms with van der Waals surface area (Å²) in [5, 5.41) is 13.7. The van der Waals surface area contributed by atoms with Crippen LogP contribution >= 0.6 is 0 Å². The summed E-state index contributed by atoms with van der Waals surface area (Å²) in [6.07, 6.45) is -0.0653. The largest absolute Gasteiger partial charge is 0.478 e. The Balaban J connectivity index is 2.78. The number of aromatic carboxylic acids is 1. The number of primary amides is 1. The first-order chi connectivity index (χ1) is 9.60. The second kappa shape index (κ2) is 6.21. The van der Waals surface area contributed by atoms with E-state index >= 15 is 0 Å². The van der Waals surface area contributed by atoms with Crippen LogP contribution in [0, 0.1) is 5.82 Å². The zero-order chi connectivity index (χ0) is 16.2. The van der Waals surface area contributed by atoms with Gasteiger partial charge in [-0.1, -0.05) is 0 Å². The van der Waals surface area contributed by atoms with Crippen LogP contribution in [-0.4, -0.2) is 28.6 Å². The molecule has 0 fully saturated rings. The summed E-state index contributed by atoms with van der Waals surface area (Å²) in [5.41, 5.74) is 3.75. The molecule has 0 aromatic heterocycles. The first-order valence-corrected chi connectivity index (χ1v) is 6.01. The average Bonchev–Trinajstić information content (AvgIpc) is 2.28. The number of rotatable bonds is 5. The summed E-state index contributed by atoms with van der Waals surface area (Å²) in [6.45, 7) is 3.20. The predicted molar refractivity (Wildman–Crippen MR) is 73.4 cm³/mol. The summed E-state index contributed by atoms with van der Waals surface area (Å²) < 4.78 is 13.2. The van der Waals surface area contributed by atoms with Crippen molar-refractivity contribution in [1.29, 1.82) is 0 Å². The number of benzene rings is 1. The number of carbonyl (C=O) groups is 3. The van der Waals surface area contributed by atoms with Gasteiger partial charge in [-0.2, -0.15) is 0 Å². The maximum atomic E-state index is 13.2. The number of anilines is 1. The predicted octanol–water partition coefficient (Wildman–Crippen LogP) is 1.30. The molecule has 0 atom stereocenters. The summed E-state index contributed by atoms with van der Waals surface area (Å²) in [6, 6.07) is 2.50. The molecule has 7 nitrogen and oxygen atoms in total. The summed E-state index contributed by atoms with van der Waals surface area (Å²) in [4.78, 5) is 33.4. The Morgan fingerprint density at radius 2 is 1.95 bits per heavy atom. The summed E-state index contributed by atoms with van der Waals surface area (Å²) in [5.74, 6) is -2.91. The first kappa shape index (κ1) is 16.4. The Hall–Kier alpha value is -2.64. The van der Waals surface area contributed by atoms with Gasteiger partial charge in [-0.3, -0.25) is 4.79 Å². The monoisotopic (exact) mass is 297 g/mol. The van der Waals surface area contributed by atoms with Gasteiger partial charge >= 0.3 is 12.0 Å². The van der Waals surface area contributed by atoms with Crippen LogP contribution in [-0.2, 0) is 4.79 Å². The van der Waals surface area contributed by atoms with Crippen LogP contribution in [0.15, 0.2) is 18.2 Å². The van der Waals surface area contributed by atoms with Crippen LogP contribution in [0.5, 0.6) is 0 Å². The van der Waals surface area contributed by atoms with Crippen LogP contribution in [0.1, 0.15) is 30.6 Å². The molecule has 1 aromatic carbocycles. The van der Waals surface area contributed by atoms with Gasteiger partial charge in [-0.15, -0.1) is 0 Å². The first-order valence-electron chi connectivity index (χ1n) is 6.01. The van der Waals surface area contributed by atoms with E-state index in [1.54, 1.807) is 13.8 Å². The highest BCUT2D eigenvalue weighted by Crippen LogP contribution is 2.15. The number of amides is 3. The molecule has 1 aromatic rings. The lowest BCUT2D eigenvalue weighted by Crippen LogP contribution is -2.47. The minimum Gasteiger partial charge on any atom is -0.478 e. The number of hydrogen-bond acceptors (Lipinski definition) is 3. The van der Waals surface area contributed by atoms with E-state index in [0.717, 1.165) is 12.1 Å². The number of hydrogen-bond donors (Lipinski definition) is 4. The lowest BCUT2D eigenvalue weighted by molar-refractivity contribution is -0.119. The van der Waals surface area contributed by atoms with Gasteiger partial charge in [0.1, 0.15) is 5.82 Å². The van der Waals surface area contributed by atoms with Crippen molar-refractivity contribution < 1.29 is 23.9 Å². The Bertz CT molecular complexity index is 587. The minimum absolute atomic E-state index is 0.0653. The Kier molecular flexibility index (Phi) is 4.85. The number of nitrogens with one attached hydrogen (secondary N) is 2. The second-order valence-corrected chi connectivity index (χ2v) is 5.11. The maximum Gasteiger partial charge on any atom is 0.338 e. The Morgan fingerprint density at radius 3 is 2.48 bits per heavy atom. The van der Waals surface area contributed by atoms with E-state index in [2.05, 4.69) is 10.6 Å². The highest BCUT2D eigenvalue weighted by molar-refractivity contribution is 5.93. The summed E-state index contributed by atoms with van der Waals surface area (Å²) >= 11 is 0. The van der Waals surface area contributed by atoms with Crippen molar-refractivity contribution >= 4 is 23.6 Å². The minimum atomic E-state index is -1.44. The van der Waals surface area contributed by atoms with Gasteiger partial charge in [0.05, 0.1) is 5.56 Å². The highest BCUT2D eigenvalue weighted by atomic mass is 19.1. The molecule has 0 saturated heterocycles. The third-order valence-corrected chi connectivity index (χ3v) is 2.52. The van der Waals surface area contributed by atoms with Gasteiger partial charge < -0.3 is 21.5 Å². The Labute approximate surface area is 120 Å². The van der Waals surface area contributed by atoms with Gasteiger partial charge in [0.15, 0.2) is 0 Å². The number of carboxylic acids is 1. The average molecular weight is 297 g/mol. The normalized spacial score (nSPS) is 10.8. The number of nitrogens with two attached hydrogens (primary N) is 1. The number of urea groups is 1. The second-order valence-electron chi connectivity index (χ2n) is 5.11. The number of halogens is 1. The lowest BCUT2D eigenvalue weighted by atomic mass is 10.0. The van der Waals surface area contributed by atoms with E-state index in [9.17, 15) is 18.8 Å². The van der Waals surface area contributed by atoms with Crippen LogP contribution < -0.4 is 16.4 Å². The standard InChI is InChI=1S/C13H16FN3O4/c1-13(2,6-10(15)18)17-12(21)16-7-3-4-9(14)8(5-7)11(19)20/h3-5H,6H2,1-2H3,(H2,15,18)(H,19,20)(H2,16,17,21). The number of carboxylic acid groups (broad SMARTS) is 1. The van der Waals surface area contributed by atoms with Crippen molar-refractivity contribution in [1.82, 2.24) is 5.32 Å². The zero-order valence-corrected chi connectivity index (χ0v) is 11.6. The fourth-order valence-electron chi connectivity index (χ4n) is 1.72. The molecule has 21 heavy (non-hydrogen) atoms. The van der Waals surface area contributed by atoms with E-state index in [-0.39, 0.29) is 12.1 Å². The maximum absolute atomic E-state index is 13.2. The van der Waals surface area contributed by atoms with E-state index in [4.69, 9.17) is 10.8 Å². The van der Waals surface area contributed by atoms with Gasteiger partial charge in [0.2, 0.25) is 5.91 Å². The molecule has 0 radical (unpaired) electrons. The molecule has 0 aliphatic carbocycles. The van der Waals surface area contributed by atoms with Gasteiger partial charge in [-0.05, 0) is 32.0 Å². The molecule has 5 N–H and O–H groups in total. The third-order valence-electron chi connectivity index (χ3n) is 2.52. The molecule has 0 spiro atoms. The highest BCUT2D eigenvalue weighted by Gasteiger charge is 2.23. The quantitative estimate of drug-likeness (QED) is 0.654. The molecule has 0 aliphatic heterocycles. The van der Waals surface area contributed by atoms with Crippen molar-refractivity contribution in [3.05, 3.63) is 29.6 Å². The van der Waals surface area contributed by atoms with Gasteiger partial charge in [0.25, 0.3) is 0 Å². The molecule has 0 saturated carbocycles. The zero-order valence-electron chi connectivity index (χ0n) is 11.6. The molecule has 3 amide bonds. The number of carbonyl (C=O) groups excluding carboxylic acids is 2. The van der Waals surface area contributed by atoms with Crippen molar-refractivity contribution in [3.63, 3.8) is 0 Å². The van der Waals surface area contributed by atoms with Crippen LogP contribution in [0.2, 0.25) is 0 Å². The fraction of sp³-hybridized carbons (Fsp3) is 0.308. The third kappa shape index (κ3) is 5.09. The lowest BCUT2D eigenvalue weighted by Gasteiger charge is -2.24. The van der Waals surface area contributed by atoms with Crippen LogP contribution in [0.4, 0.5) is 14.9 Å². The molecule has 8 heteroatoms. The van der Waals surface area contributed by atoms with Crippen LogP contribution in [0.3, 0.4) is 0 Å². The molecule has 0 heterocycles. The van der Waals surface area contributed by atoms with Crippen molar-refractivity contribution in [2.75, 3.05) is 5.32 Å². The van der Waals surface area contributed by atoms with Crippen molar-refractivity contribution in [3.8, 4) is 0 Å². The van der Waals surface area contributed by atoms with Crippen molar-refractivity contribution in [2.45, 2.75) is 25.8 Å². The topological polar surface area (TPSA) is 122 Å². The van der Waals surface area contributed by atoms with E-state index in [1.807, 2.05) is 0 Å². The van der Waals surface area contributed by atoms with E-state index in [1.165, 1.54) is 6.07 Å². The molecular formula is C13H16FN3O4. The van der Waals surface area contributed by atoms with Gasteiger partial charge in [0, 0.05) is 17.6 Å². The Morgan fingerprint density at radius 1 is 1.33 bits per heavy atom. The molecule has 0 unspecified atom stereocenters. The smallest absolute Gasteiger partial charge is 0.338 e. The van der Waals surface area contributed by atoms with E-state index < -0.39 is 34.8 Å². The molecule has 114 valence electrons. The summed E-state index contributed by atoms with van der Waals surface area (Å²) in [7, 11) is 0. The SMILES string of the molecule is CC(C)(CC(N)=O)NC(=O)Nc1ccc(F)c(C(=O)O)c1. The van der Waals surface area contributed by atoms with Crippen molar-refractivity contribution in [2.24, 2.45) is 5.73 Å². The van der Waals surface area contributed by atoms with E-state index in [0.29, 0.717) is 0 Å². The van der Waals surface area contributed by atoms with Gasteiger partial charge in [-0.25, -0.2) is 14.0 Å². The molecule has 0 aliphatic rings. The molecule has 0 bridgehead atoms. The molecular weight excluding hydrogens is 281 g/mol. The fourth-order valence-corrected chi connectivity index (χ4v) is 1.72. The van der Waals surface area contributed by atoms with Crippen LogP contribution in [0.25, 0.3) is 0 Å².